The molecule has 1 fully saturated rings. The highest BCUT2D eigenvalue weighted by molar-refractivity contribution is 5.95. The van der Waals surface area contributed by atoms with Gasteiger partial charge in [0.15, 0.2) is 0 Å². The largest absolute Gasteiger partial charge is 0.493 e. The SMILES string of the molecule is O=C(O)C1=C2CCC(O2)C1C(=O)O. The number of carbonyl (C=O) groups is 2. The zero-order valence-corrected chi connectivity index (χ0v) is 6.69. The van der Waals surface area contributed by atoms with Crippen molar-refractivity contribution >= 4 is 11.9 Å². The molecule has 0 radical (unpaired) electrons. The molecule has 5 nitrogen and oxygen atoms in total. The minimum Gasteiger partial charge on any atom is -0.493 e. The quantitative estimate of drug-likeness (QED) is 0.641. The van der Waals surface area contributed by atoms with Gasteiger partial charge in [0.2, 0.25) is 0 Å². The van der Waals surface area contributed by atoms with Crippen LogP contribution >= 0.6 is 0 Å². The zero-order valence-electron chi connectivity index (χ0n) is 6.69. The van der Waals surface area contributed by atoms with E-state index in [1.54, 1.807) is 0 Å². The third-order valence-electron chi connectivity index (χ3n) is 2.43. The molecule has 1 saturated heterocycles. The molecule has 0 spiro atoms. The number of aliphatic carboxylic acids is 2. The highest BCUT2D eigenvalue weighted by Gasteiger charge is 2.48. The Morgan fingerprint density at radius 3 is 2.54 bits per heavy atom. The summed E-state index contributed by atoms with van der Waals surface area (Å²) in [4.78, 5) is 21.4. The summed E-state index contributed by atoms with van der Waals surface area (Å²) in [7, 11) is 0. The summed E-state index contributed by atoms with van der Waals surface area (Å²) in [6.45, 7) is 0. The van der Waals surface area contributed by atoms with E-state index in [4.69, 9.17) is 14.9 Å². The second-order valence-electron chi connectivity index (χ2n) is 3.15. The number of hydrogen-bond acceptors (Lipinski definition) is 3. The van der Waals surface area contributed by atoms with Crippen LogP contribution in [0.15, 0.2) is 11.3 Å². The van der Waals surface area contributed by atoms with Crippen LogP contribution < -0.4 is 0 Å². The lowest BCUT2D eigenvalue weighted by atomic mass is 9.87. The molecular weight excluding hydrogens is 176 g/mol. The molecule has 2 aliphatic rings. The Morgan fingerprint density at radius 2 is 2.08 bits per heavy atom. The van der Waals surface area contributed by atoms with E-state index >= 15 is 0 Å². The molecule has 0 amide bonds. The van der Waals surface area contributed by atoms with Gasteiger partial charge in [0.1, 0.15) is 17.8 Å². The van der Waals surface area contributed by atoms with Gasteiger partial charge in [-0.3, -0.25) is 4.79 Å². The molecule has 0 saturated carbocycles. The molecule has 2 heterocycles. The maximum atomic E-state index is 10.7. The maximum Gasteiger partial charge on any atom is 0.336 e. The van der Waals surface area contributed by atoms with E-state index in [1.807, 2.05) is 0 Å². The molecular formula is C8H8O5. The minimum absolute atomic E-state index is 0.0660. The van der Waals surface area contributed by atoms with Gasteiger partial charge >= 0.3 is 11.9 Å². The van der Waals surface area contributed by atoms with Crippen molar-refractivity contribution < 1.29 is 24.5 Å². The monoisotopic (exact) mass is 184 g/mol. The Labute approximate surface area is 73.6 Å². The van der Waals surface area contributed by atoms with Crippen LogP contribution in [0.3, 0.4) is 0 Å². The first-order valence-corrected chi connectivity index (χ1v) is 3.97. The van der Waals surface area contributed by atoms with E-state index in [0.29, 0.717) is 18.6 Å². The molecule has 2 atom stereocenters. The number of hydrogen-bond donors (Lipinski definition) is 2. The summed E-state index contributed by atoms with van der Waals surface area (Å²) in [5, 5.41) is 17.5. The van der Waals surface area contributed by atoms with Gasteiger partial charge in [-0.05, 0) is 6.42 Å². The van der Waals surface area contributed by atoms with Crippen molar-refractivity contribution in [1.82, 2.24) is 0 Å². The Hall–Kier alpha value is -1.52. The fourth-order valence-electron chi connectivity index (χ4n) is 1.90. The molecule has 70 valence electrons. The smallest absolute Gasteiger partial charge is 0.336 e. The summed E-state index contributed by atoms with van der Waals surface area (Å²) < 4.78 is 5.14. The van der Waals surface area contributed by atoms with Crippen LogP contribution in [0, 0.1) is 5.92 Å². The average Bonchev–Trinajstić information content (AvgIpc) is 2.60. The van der Waals surface area contributed by atoms with Crippen LogP contribution in [0.25, 0.3) is 0 Å². The van der Waals surface area contributed by atoms with Crippen molar-refractivity contribution in [3.63, 3.8) is 0 Å². The van der Waals surface area contributed by atoms with Crippen LogP contribution in [-0.2, 0) is 14.3 Å². The van der Waals surface area contributed by atoms with Crippen molar-refractivity contribution in [2.45, 2.75) is 18.9 Å². The van der Waals surface area contributed by atoms with Crippen LogP contribution in [0.2, 0.25) is 0 Å². The predicted octanol–water partition coefficient (Wildman–Crippen LogP) is 0.219. The summed E-state index contributed by atoms with van der Waals surface area (Å²) in [5.41, 5.74) is -0.0660. The van der Waals surface area contributed by atoms with Crippen LogP contribution in [0.4, 0.5) is 0 Å². The van der Waals surface area contributed by atoms with E-state index in [1.165, 1.54) is 0 Å². The van der Waals surface area contributed by atoms with Gasteiger partial charge in [-0.2, -0.15) is 0 Å². The van der Waals surface area contributed by atoms with E-state index in [9.17, 15) is 9.59 Å². The number of allylic oxidation sites excluding steroid dienone is 1. The summed E-state index contributed by atoms with van der Waals surface area (Å²) >= 11 is 0. The molecule has 2 rings (SSSR count). The first kappa shape index (κ1) is 8.10. The van der Waals surface area contributed by atoms with E-state index < -0.39 is 24.0 Å². The second-order valence-corrected chi connectivity index (χ2v) is 3.15. The zero-order chi connectivity index (χ0) is 9.59. The third kappa shape index (κ3) is 0.998. The summed E-state index contributed by atoms with van der Waals surface area (Å²) in [6, 6.07) is 0. The first-order valence-electron chi connectivity index (χ1n) is 3.97. The van der Waals surface area contributed by atoms with Crippen molar-refractivity contribution in [3.8, 4) is 0 Å². The Bertz CT molecular complexity index is 316. The summed E-state index contributed by atoms with van der Waals surface area (Å²) in [6.07, 6.45) is 0.706. The number of carboxylic acid groups (broad SMARTS) is 2. The van der Waals surface area contributed by atoms with E-state index in [2.05, 4.69) is 0 Å². The second kappa shape index (κ2) is 2.48. The molecule has 0 aromatic carbocycles. The Balaban J connectivity index is 2.40. The number of carboxylic acids is 2. The Morgan fingerprint density at radius 1 is 1.38 bits per heavy atom. The normalized spacial score (nSPS) is 30.5. The van der Waals surface area contributed by atoms with Crippen LogP contribution in [0.5, 0.6) is 0 Å². The van der Waals surface area contributed by atoms with Crippen molar-refractivity contribution in [2.24, 2.45) is 5.92 Å². The standard InChI is InChI=1S/C8H8O5/c9-7(10)5-3-1-2-4(13-3)6(5)8(11)12/h3,5H,1-2H2,(H,9,10)(H,11,12). The van der Waals surface area contributed by atoms with Gasteiger partial charge in [0.05, 0.1) is 5.57 Å². The minimum atomic E-state index is -1.18. The summed E-state index contributed by atoms with van der Waals surface area (Å²) in [5.74, 6) is -2.91. The molecule has 2 N–H and O–H groups in total. The highest BCUT2D eigenvalue weighted by Crippen LogP contribution is 2.42. The Kier molecular flexibility index (Phi) is 1.55. The fraction of sp³-hybridized carbons (Fsp3) is 0.500. The third-order valence-corrected chi connectivity index (χ3v) is 2.43. The average molecular weight is 184 g/mol. The van der Waals surface area contributed by atoms with Gasteiger partial charge in [-0.25, -0.2) is 4.79 Å². The van der Waals surface area contributed by atoms with E-state index in [0.717, 1.165) is 0 Å². The van der Waals surface area contributed by atoms with Crippen molar-refractivity contribution in [1.29, 1.82) is 0 Å². The van der Waals surface area contributed by atoms with Gasteiger partial charge in [0.25, 0.3) is 0 Å². The molecule has 2 bridgehead atoms. The lowest BCUT2D eigenvalue weighted by Crippen LogP contribution is -2.29. The van der Waals surface area contributed by atoms with Gasteiger partial charge in [-0.15, -0.1) is 0 Å². The lowest BCUT2D eigenvalue weighted by Gasteiger charge is -2.13. The molecule has 0 aromatic heterocycles. The topological polar surface area (TPSA) is 83.8 Å². The number of rotatable bonds is 2. The molecule has 2 aliphatic heterocycles. The van der Waals surface area contributed by atoms with Gasteiger partial charge in [-0.1, -0.05) is 0 Å². The lowest BCUT2D eigenvalue weighted by molar-refractivity contribution is -0.145. The van der Waals surface area contributed by atoms with Gasteiger partial charge in [0, 0.05) is 6.42 Å². The first-order chi connectivity index (χ1) is 6.11. The van der Waals surface area contributed by atoms with Crippen molar-refractivity contribution in [2.75, 3.05) is 0 Å². The number of fused-ring (bicyclic) bond motifs is 2. The van der Waals surface area contributed by atoms with Crippen LogP contribution in [0.1, 0.15) is 12.8 Å². The van der Waals surface area contributed by atoms with E-state index in [-0.39, 0.29) is 5.57 Å². The molecule has 0 aliphatic carbocycles. The predicted molar refractivity (Wildman–Crippen MR) is 39.9 cm³/mol. The van der Waals surface area contributed by atoms with Crippen LogP contribution in [-0.4, -0.2) is 28.3 Å². The molecule has 13 heavy (non-hydrogen) atoms. The molecule has 5 heteroatoms. The fourth-order valence-corrected chi connectivity index (χ4v) is 1.90. The molecule has 2 unspecified atom stereocenters. The number of ether oxygens (including phenoxy) is 1. The maximum absolute atomic E-state index is 10.7. The molecule has 0 aromatic rings. The highest BCUT2D eigenvalue weighted by atomic mass is 16.5. The van der Waals surface area contributed by atoms with Crippen molar-refractivity contribution in [3.05, 3.63) is 11.3 Å². The van der Waals surface area contributed by atoms with Gasteiger partial charge < -0.3 is 14.9 Å².